The van der Waals surface area contributed by atoms with Gasteiger partial charge < -0.3 is 51.6 Å². The van der Waals surface area contributed by atoms with Crippen molar-refractivity contribution >= 4 is 35.9 Å². The molecule has 0 radical (unpaired) electrons. The Labute approximate surface area is 230 Å². The van der Waals surface area contributed by atoms with Crippen molar-refractivity contribution in [1.82, 2.24) is 16.0 Å². The standard InChI is InChI=1S/C25H36N4O11/c1-14(9-19(33)28-16(24(26)38)7-8-21(35)36)10-27-20(34)13-40-23(22(37)18(32)12-31)17(11-30)29-25(39)15-5-3-2-4-6-15/h2-6,11,14,16-18,22-23,31-32,37H,7-10,12-13H2,1H3,(H2,26,38)(H,27,34)(H,28,33)(H,29,39)(H,35,36)/t14?,16?,17-,18+,22+,23+/m0/s1. The molecule has 0 aliphatic carbocycles. The van der Waals surface area contributed by atoms with Gasteiger partial charge in [0, 0.05) is 24.9 Å². The molecular formula is C25H36N4O11. The largest absolute Gasteiger partial charge is 0.481 e. The van der Waals surface area contributed by atoms with E-state index < -0.39 is 79.1 Å². The number of nitrogens with two attached hydrogens (primary N) is 1. The third kappa shape index (κ3) is 12.3. The highest BCUT2D eigenvalue weighted by atomic mass is 16.5. The van der Waals surface area contributed by atoms with Crippen LogP contribution in [0.15, 0.2) is 30.3 Å². The lowest BCUT2D eigenvalue weighted by atomic mass is 10.0. The van der Waals surface area contributed by atoms with E-state index in [1.807, 2.05) is 0 Å². The molecule has 1 aromatic rings. The monoisotopic (exact) mass is 568 g/mol. The molecular weight excluding hydrogens is 532 g/mol. The molecule has 0 saturated carbocycles. The number of ether oxygens (including phenoxy) is 1. The first kappa shape index (κ1) is 34.1. The number of aliphatic hydroxyl groups excluding tert-OH is 3. The molecule has 40 heavy (non-hydrogen) atoms. The van der Waals surface area contributed by atoms with Crippen LogP contribution in [0.1, 0.15) is 36.5 Å². The van der Waals surface area contributed by atoms with Gasteiger partial charge in [0.05, 0.1) is 6.61 Å². The van der Waals surface area contributed by atoms with Crippen molar-refractivity contribution in [2.45, 2.75) is 56.6 Å². The maximum atomic E-state index is 12.5. The fourth-order valence-electron chi connectivity index (χ4n) is 3.47. The minimum absolute atomic E-state index is 0.0275. The lowest BCUT2D eigenvalue weighted by molar-refractivity contribution is -0.143. The summed E-state index contributed by atoms with van der Waals surface area (Å²) >= 11 is 0. The number of carboxylic acid groups (broad SMARTS) is 1. The molecule has 0 saturated heterocycles. The number of nitrogens with one attached hydrogen (secondary N) is 3. The van der Waals surface area contributed by atoms with Crippen LogP contribution < -0.4 is 21.7 Å². The van der Waals surface area contributed by atoms with Gasteiger partial charge in [-0.15, -0.1) is 0 Å². The molecule has 0 spiro atoms. The predicted molar refractivity (Wildman–Crippen MR) is 137 cm³/mol. The summed E-state index contributed by atoms with van der Waals surface area (Å²) in [6.45, 7) is -0.0234. The van der Waals surface area contributed by atoms with E-state index in [1.54, 1.807) is 25.1 Å². The Kier molecular flexibility index (Phi) is 15.0. The number of hydrogen-bond donors (Lipinski definition) is 8. The van der Waals surface area contributed by atoms with Gasteiger partial charge in [-0.1, -0.05) is 25.1 Å². The maximum absolute atomic E-state index is 12.5. The summed E-state index contributed by atoms with van der Waals surface area (Å²) < 4.78 is 5.36. The molecule has 15 nitrogen and oxygen atoms in total. The molecule has 0 aliphatic heterocycles. The van der Waals surface area contributed by atoms with Gasteiger partial charge in [0.15, 0.2) is 0 Å². The summed E-state index contributed by atoms with van der Waals surface area (Å²) in [7, 11) is 0. The van der Waals surface area contributed by atoms with Crippen LogP contribution in [0, 0.1) is 5.92 Å². The molecule has 0 aliphatic rings. The summed E-state index contributed by atoms with van der Waals surface area (Å²) in [5.41, 5.74) is 5.38. The van der Waals surface area contributed by atoms with Gasteiger partial charge in [0.1, 0.15) is 43.3 Å². The van der Waals surface area contributed by atoms with Gasteiger partial charge in [-0.05, 0) is 24.5 Å². The number of benzene rings is 1. The molecule has 2 unspecified atom stereocenters. The second kappa shape index (κ2) is 17.6. The minimum atomic E-state index is -1.86. The van der Waals surface area contributed by atoms with E-state index in [4.69, 9.17) is 15.6 Å². The number of carboxylic acids is 1. The van der Waals surface area contributed by atoms with E-state index in [0.717, 1.165) is 0 Å². The lowest BCUT2D eigenvalue weighted by Crippen LogP contribution is -2.55. The van der Waals surface area contributed by atoms with Gasteiger partial charge in [0.2, 0.25) is 17.7 Å². The second-order valence-electron chi connectivity index (χ2n) is 9.09. The Morgan fingerprint density at radius 3 is 2.25 bits per heavy atom. The Balaban J connectivity index is 2.69. The van der Waals surface area contributed by atoms with Crippen LogP contribution in [0.2, 0.25) is 0 Å². The van der Waals surface area contributed by atoms with Crippen LogP contribution in [0.3, 0.4) is 0 Å². The van der Waals surface area contributed by atoms with Gasteiger partial charge in [-0.2, -0.15) is 0 Å². The topological polar surface area (TPSA) is 255 Å². The summed E-state index contributed by atoms with van der Waals surface area (Å²) in [6.07, 6.45) is -5.64. The normalized spacial score (nSPS) is 15.4. The molecule has 0 fully saturated rings. The lowest BCUT2D eigenvalue weighted by Gasteiger charge is -2.30. The van der Waals surface area contributed by atoms with Gasteiger partial charge >= 0.3 is 5.97 Å². The molecule has 6 atom stereocenters. The van der Waals surface area contributed by atoms with Gasteiger partial charge in [-0.3, -0.25) is 24.0 Å². The quantitative estimate of drug-likeness (QED) is 0.0783. The number of carbonyl (C=O) groups is 6. The SMILES string of the molecule is CC(CNC(=O)CO[C@@H]([C@H](O)[C@H](O)CO)[C@H](C=O)NC(=O)c1ccccc1)CC(=O)NC(CCC(=O)O)C(N)=O. The molecule has 4 amide bonds. The van der Waals surface area contributed by atoms with Crippen molar-refractivity contribution in [3.05, 3.63) is 35.9 Å². The molecule has 0 bridgehead atoms. The summed E-state index contributed by atoms with van der Waals surface area (Å²) in [5, 5.41) is 45.4. The molecule has 1 rings (SSSR count). The van der Waals surface area contributed by atoms with E-state index in [9.17, 15) is 44.1 Å². The zero-order valence-corrected chi connectivity index (χ0v) is 21.9. The molecule has 1 aromatic carbocycles. The number of carbonyl (C=O) groups excluding carboxylic acids is 5. The average molecular weight is 569 g/mol. The zero-order valence-electron chi connectivity index (χ0n) is 21.9. The number of primary amides is 1. The van der Waals surface area contributed by atoms with Crippen LogP contribution >= 0.6 is 0 Å². The third-order valence-corrected chi connectivity index (χ3v) is 5.67. The van der Waals surface area contributed by atoms with E-state index >= 15 is 0 Å². The Morgan fingerprint density at radius 1 is 1.05 bits per heavy atom. The number of aliphatic hydroxyl groups is 3. The fraction of sp³-hybridized carbons (Fsp3) is 0.520. The smallest absolute Gasteiger partial charge is 0.303 e. The highest BCUT2D eigenvalue weighted by Crippen LogP contribution is 2.11. The van der Waals surface area contributed by atoms with Crippen molar-refractivity contribution in [2.24, 2.45) is 11.7 Å². The first-order chi connectivity index (χ1) is 18.9. The van der Waals surface area contributed by atoms with E-state index in [-0.39, 0.29) is 37.7 Å². The molecule has 222 valence electrons. The third-order valence-electron chi connectivity index (χ3n) is 5.67. The highest BCUT2D eigenvalue weighted by Gasteiger charge is 2.35. The van der Waals surface area contributed by atoms with Crippen LogP contribution in [0.5, 0.6) is 0 Å². The number of aldehydes is 1. The number of hydrogen-bond acceptors (Lipinski definition) is 10. The number of rotatable bonds is 19. The van der Waals surface area contributed by atoms with Crippen molar-refractivity contribution in [3.63, 3.8) is 0 Å². The average Bonchev–Trinajstić information content (AvgIpc) is 2.92. The Morgan fingerprint density at radius 2 is 1.70 bits per heavy atom. The fourth-order valence-corrected chi connectivity index (χ4v) is 3.47. The maximum Gasteiger partial charge on any atom is 0.303 e. The summed E-state index contributed by atoms with van der Waals surface area (Å²) in [4.78, 5) is 70.9. The number of amides is 4. The Bertz CT molecular complexity index is 1010. The van der Waals surface area contributed by atoms with Gasteiger partial charge in [-0.25, -0.2) is 0 Å². The highest BCUT2D eigenvalue weighted by molar-refractivity contribution is 5.95. The van der Waals surface area contributed by atoms with E-state index in [2.05, 4.69) is 16.0 Å². The zero-order chi connectivity index (χ0) is 30.2. The molecule has 15 heteroatoms. The van der Waals surface area contributed by atoms with Crippen LogP contribution in [-0.4, -0.2) is 106 Å². The van der Waals surface area contributed by atoms with Crippen molar-refractivity contribution in [2.75, 3.05) is 19.8 Å². The predicted octanol–water partition coefficient (Wildman–Crippen LogP) is -2.94. The first-order valence-electron chi connectivity index (χ1n) is 12.4. The van der Waals surface area contributed by atoms with Crippen LogP contribution in [0.4, 0.5) is 0 Å². The van der Waals surface area contributed by atoms with E-state index in [0.29, 0.717) is 0 Å². The van der Waals surface area contributed by atoms with Crippen LogP contribution in [-0.2, 0) is 28.7 Å². The summed E-state index contributed by atoms with van der Waals surface area (Å²) in [6, 6.07) is 5.15. The second-order valence-corrected chi connectivity index (χ2v) is 9.09. The van der Waals surface area contributed by atoms with E-state index in [1.165, 1.54) is 12.1 Å². The van der Waals surface area contributed by atoms with Crippen LogP contribution in [0.25, 0.3) is 0 Å². The summed E-state index contributed by atoms with van der Waals surface area (Å²) in [5.74, 6) is -4.48. The van der Waals surface area contributed by atoms with Crippen molar-refractivity contribution in [1.29, 1.82) is 0 Å². The van der Waals surface area contributed by atoms with Crippen molar-refractivity contribution < 1.29 is 53.9 Å². The molecule has 0 aromatic heterocycles. The molecule has 0 heterocycles. The molecule has 9 N–H and O–H groups in total. The first-order valence-corrected chi connectivity index (χ1v) is 12.4. The Hall–Kier alpha value is -3.92. The number of aliphatic carboxylic acids is 1. The van der Waals surface area contributed by atoms with Gasteiger partial charge in [0.25, 0.3) is 5.91 Å². The minimum Gasteiger partial charge on any atom is -0.481 e. The van der Waals surface area contributed by atoms with Crippen molar-refractivity contribution in [3.8, 4) is 0 Å².